The van der Waals surface area contributed by atoms with Gasteiger partial charge in [-0.05, 0) is 0 Å². The second-order valence-corrected chi connectivity index (χ2v) is 2.77. The summed E-state index contributed by atoms with van der Waals surface area (Å²) in [7, 11) is 0. The fourth-order valence-electron chi connectivity index (χ4n) is 1.26. The molecule has 0 aliphatic carbocycles. The molecule has 1 aliphatic heterocycles. The number of likely N-dealkylation sites (tertiary alicyclic amines) is 1. The van der Waals surface area contributed by atoms with Gasteiger partial charge in [-0.2, -0.15) is 0 Å². The third kappa shape index (κ3) is 3.29. The predicted octanol–water partition coefficient (Wildman–Crippen LogP) is 0.326. The van der Waals surface area contributed by atoms with Crippen LogP contribution in [0.15, 0.2) is 0 Å². The van der Waals surface area contributed by atoms with E-state index >= 15 is 0 Å². The molecule has 0 radical (unpaired) electrons. The molecule has 0 unspecified atom stereocenters. The van der Waals surface area contributed by atoms with Crippen LogP contribution < -0.4 is 4.90 Å². The lowest BCUT2D eigenvalue weighted by molar-refractivity contribution is -0.884. The van der Waals surface area contributed by atoms with Crippen molar-refractivity contribution in [2.24, 2.45) is 0 Å². The number of halogens is 2. The maximum atomic E-state index is 5.56. The van der Waals surface area contributed by atoms with Gasteiger partial charge in [-0.25, -0.2) is 0 Å². The van der Waals surface area contributed by atoms with Crippen LogP contribution in [-0.2, 0) is 0 Å². The molecule has 0 bridgehead atoms. The van der Waals surface area contributed by atoms with Gasteiger partial charge < -0.3 is 4.90 Å². The van der Waals surface area contributed by atoms with Crippen LogP contribution >= 0.6 is 24.0 Å². The molecular weight excluding hydrogens is 157 g/mol. The highest BCUT2D eigenvalue weighted by Gasteiger charge is 2.12. The summed E-state index contributed by atoms with van der Waals surface area (Å²) in [5, 5.41) is 0. The summed E-state index contributed by atoms with van der Waals surface area (Å²) in [6.45, 7) is 3.88. The predicted molar refractivity (Wildman–Crippen MR) is 42.8 cm³/mol. The van der Waals surface area contributed by atoms with E-state index in [1.165, 1.54) is 32.5 Å². The maximum Gasteiger partial charge on any atom is 0.0908 e. The first-order valence-electron chi connectivity index (χ1n) is 3.33. The lowest BCUT2D eigenvalue weighted by Crippen LogP contribution is -3.10. The molecule has 0 saturated carbocycles. The van der Waals surface area contributed by atoms with Crippen molar-refractivity contribution >= 4 is 24.0 Å². The topological polar surface area (TPSA) is 4.44 Å². The summed E-state index contributed by atoms with van der Waals surface area (Å²) in [6, 6.07) is 0. The van der Waals surface area contributed by atoms with Gasteiger partial charge in [0.25, 0.3) is 0 Å². The van der Waals surface area contributed by atoms with Gasteiger partial charge in [-0.1, -0.05) is 0 Å². The van der Waals surface area contributed by atoms with Gasteiger partial charge in [0.05, 0.1) is 25.5 Å². The van der Waals surface area contributed by atoms with Crippen molar-refractivity contribution in [1.82, 2.24) is 0 Å². The first-order chi connectivity index (χ1) is 3.93. The lowest BCUT2D eigenvalue weighted by atomic mass is 10.4. The average molecular weight is 171 g/mol. The van der Waals surface area contributed by atoms with Gasteiger partial charge in [0.2, 0.25) is 0 Å². The van der Waals surface area contributed by atoms with E-state index in [9.17, 15) is 0 Å². The van der Waals surface area contributed by atoms with E-state index in [4.69, 9.17) is 11.6 Å². The molecule has 0 atom stereocenters. The Morgan fingerprint density at radius 1 is 1.22 bits per heavy atom. The monoisotopic (exact) mass is 170 g/mol. The summed E-state index contributed by atoms with van der Waals surface area (Å²) in [5.74, 6) is 0.829. The Hall–Kier alpha value is 0.540. The Morgan fingerprint density at radius 2 is 1.78 bits per heavy atom. The minimum absolute atomic E-state index is 0. The van der Waals surface area contributed by atoms with Crippen LogP contribution in [0.1, 0.15) is 12.8 Å². The molecule has 1 nitrogen and oxygen atoms in total. The van der Waals surface area contributed by atoms with Crippen molar-refractivity contribution in [2.75, 3.05) is 25.5 Å². The molecule has 56 valence electrons. The average Bonchev–Trinajstić information content (AvgIpc) is 2.19. The Labute approximate surface area is 67.8 Å². The van der Waals surface area contributed by atoms with Gasteiger partial charge >= 0.3 is 0 Å². The number of hydrogen-bond acceptors (Lipinski definition) is 0. The van der Waals surface area contributed by atoms with E-state index in [1.807, 2.05) is 0 Å². The standard InChI is InChI=1S/C6H12ClN.ClH/c7-3-6-8-4-1-2-5-8;/h1-6H2;1H/p+1. The zero-order valence-electron chi connectivity index (χ0n) is 5.53. The van der Waals surface area contributed by atoms with E-state index in [0.717, 1.165) is 5.88 Å². The maximum absolute atomic E-state index is 5.56. The Morgan fingerprint density at radius 3 is 2.22 bits per heavy atom. The van der Waals surface area contributed by atoms with Gasteiger partial charge in [0.15, 0.2) is 0 Å². The second kappa shape index (κ2) is 5.33. The van der Waals surface area contributed by atoms with Crippen molar-refractivity contribution in [1.29, 1.82) is 0 Å². The Balaban J connectivity index is 0.000000640. The number of alkyl halides is 1. The summed E-state index contributed by atoms with van der Waals surface area (Å²) >= 11 is 5.56. The zero-order chi connectivity index (χ0) is 5.82. The third-order valence-corrected chi connectivity index (χ3v) is 1.95. The quantitative estimate of drug-likeness (QED) is 0.571. The molecule has 0 aromatic heterocycles. The largest absolute Gasteiger partial charge is 0.334 e. The van der Waals surface area contributed by atoms with Crippen LogP contribution in [0.25, 0.3) is 0 Å². The summed E-state index contributed by atoms with van der Waals surface area (Å²) in [5.41, 5.74) is 0. The van der Waals surface area contributed by atoms with E-state index in [1.54, 1.807) is 4.90 Å². The van der Waals surface area contributed by atoms with E-state index in [2.05, 4.69) is 0 Å². The molecule has 3 heteroatoms. The van der Waals surface area contributed by atoms with Crippen LogP contribution in [0.5, 0.6) is 0 Å². The number of hydrogen-bond donors (Lipinski definition) is 1. The van der Waals surface area contributed by atoms with Crippen LogP contribution in [0.2, 0.25) is 0 Å². The number of rotatable bonds is 2. The molecule has 0 aromatic carbocycles. The van der Waals surface area contributed by atoms with E-state index < -0.39 is 0 Å². The smallest absolute Gasteiger partial charge is 0.0908 e. The van der Waals surface area contributed by atoms with Crippen LogP contribution in [0, 0.1) is 0 Å². The lowest BCUT2D eigenvalue weighted by Gasteiger charge is -2.07. The molecular formula is C6H14Cl2N+. The molecule has 1 aliphatic rings. The fraction of sp³-hybridized carbons (Fsp3) is 1.00. The van der Waals surface area contributed by atoms with Crippen molar-refractivity contribution in [3.05, 3.63) is 0 Å². The highest BCUT2D eigenvalue weighted by molar-refractivity contribution is 6.17. The zero-order valence-corrected chi connectivity index (χ0v) is 7.10. The minimum Gasteiger partial charge on any atom is -0.334 e. The van der Waals surface area contributed by atoms with Crippen LogP contribution in [-0.4, -0.2) is 25.5 Å². The first-order valence-corrected chi connectivity index (χ1v) is 3.86. The van der Waals surface area contributed by atoms with E-state index in [-0.39, 0.29) is 12.4 Å². The minimum atomic E-state index is 0. The van der Waals surface area contributed by atoms with Crippen LogP contribution in [0.3, 0.4) is 0 Å². The van der Waals surface area contributed by atoms with Gasteiger partial charge in [0.1, 0.15) is 0 Å². The first kappa shape index (κ1) is 9.54. The number of nitrogens with one attached hydrogen (secondary N) is 1. The summed E-state index contributed by atoms with van der Waals surface area (Å²) < 4.78 is 0. The van der Waals surface area contributed by atoms with Crippen molar-refractivity contribution < 1.29 is 4.90 Å². The molecule has 0 spiro atoms. The fourth-order valence-corrected chi connectivity index (χ4v) is 1.53. The van der Waals surface area contributed by atoms with Crippen molar-refractivity contribution in [2.45, 2.75) is 12.8 Å². The SMILES string of the molecule is Cl.ClCC[NH+]1CCCC1. The Kier molecular flexibility index (Phi) is 5.65. The molecule has 0 aromatic rings. The third-order valence-electron chi connectivity index (χ3n) is 1.76. The summed E-state index contributed by atoms with van der Waals surface area (Å²) in [4.78, 5) is 1.69. The van der Waals surface area contributed by atoms with Crippen LogP contribution in [0.4, 0.5) is 0 Å². The molecule has 1 rings (SSSR count). The van der Waals surface area contributed by atoms with E-state index in [0.29, 0.717) is 0 Å². The molecule has 1 heterocycles. The Bertz CT molecular complexity index is 62.1. The highest BCUT2D eigenvalue weighted by Crippen LogP contribution is 1.86. The molecule has 1 fully saturated rings. The second-order valence-electron chi connectivity index (χ2n) is 2.40. The molecule has 9 heavy (non-hydrogen) atoms. The highest BCUT2D eigenvalue weighted by atomic mass is 35.5. The number of quaternary nitrogens is 1. The molecule has 0 amide bonds. The summed E-state index contributed by atoms with van der Waals surface area (Å²) in [6.07, 6.45) is 2.82. The van der Waals surface area contributed by atoms with Gasteiger partial charge in [-0.15, -0.1) is 24.0 Å². The van der Waals surface area contributed by atoms with Gasteiger partial charge in [-0.3, -0.25) is 0 Å². The normalized spacial score (nSPS) is 19.7. The van der Waals surface area contributed by atoms with Crippen molar-refractivity contribution in [3.63, 3.8) is 0 Å². The molecule has 1 saturated heterocycles. The van der Waals surface area contributed by atoms with Gasteiger partial charge in [0, 0.05) is 12.8 Å². The molecule has 1 N–H and O–H groups in total. The van der Waals surface area contributed by atoms with Crippen molar-refractivity contribution in [3.8, 4) is 0 Å².